The summed E-state index contributed by atoms with van der Waals surface area (Å²) in [5.74, 6) is -0.0137. The summed E-state index contributed by atoms with van der Waals surface area (Å²) in [6.07, 6.45) is 4.69. The largest absolute Gasteiger partial charge is 0.351 e. The molecule has 2 heterocycles. The van der Waals surface area contributed by atoms with Crippen LogP contribution >= 0.6 is 0 Å². The predicted molar refractivity (Wildman–Crippen MR) is 97.3 cm³/mol. The van der Waals surface area contributed by atoms with E-state index in [1.165, 1.54) is 0 Å². The molecule has 0 saturated carbocycles. The maximum Gasteiger partial charge on any atom is 0.262 e. The molecule has 4 nitrogen and oxygen atoms in total. The first-order valence-electron chi connectivity index (χ1n) is 8.08. The van der Waals surface area contributed by atoms with Gasteiger partial charge in [0.2, 0.25) is 0 Å². The Balaban J connectivity index is 1.84. The fraction of sp³-hybridized carbons (Fsp3) is 0.150. The van der Waals surface area contributed by atoms with Crippen molar-refractivity contribution in [2.75, 3.05) is 6.54 Å². The first-order valence-corrected chi connectivity index (χ1v) is 8.08. The first-order chi connectivity index (χ1) is 11.7. The molecule has 0 atom stereocenters. The molecule has 2 N–H and O–H groups in total. The number of nitrogens with two attached hydrogens (primary N) is 1. The zero-order valence-corrected chi connectivity index (χ0v) is 13.6. The normalized spacial score (nSPS) is 11.4. The van der Waals surface area contributed by atoms with E-state index in [9.17, 15) is 4.79 Å². The third kappa shape index (κ3) is 2.23. The molecule has 0 amide bonds. The maximum absolute atomic E-state index is 13.1. The molecule has 0 aliphatic heterocycles. The van der Waals surface area contributed by atoms with Crippen LogP contribution in [0, 0.1) is 0 Å². The summed E-state index contributed by atoms with van der Waals surface area (Å²) < 4.78 is 3.79. The van der Waals surface area contributed by atoms with Crippen molar-refractivity contribution in [1.29, 1.82) is 0 Å². The summed E-state index contributed by atoms with van der Waals surface area (Å²) in [5.41, 5.74) is 9.57. The van der Waals surface area contributed by atoms with Gasteiger partial charge in [-0.2, -0.15) is 0 Å². The third-order valence-electron chi connectivity index (χ3n) is 4.56. The van der Waals surface area contributed by atoms with Crippen LogP contribution in [0.25, 0.3) is 21.8 Å². The summed E-state index contributed by atoms with van der Waals surface area (Å²) in [6, 6.07) is 15.8. The van der Waals surface area contributed by atoms with Crippen molar-refractivity contribution in [3.63, 3.8) is 0 Å². The van der Waals surface area contributed by atoms with Crippen LogP contribution in [0.15, 0.2) is 60.9 Å². The van der Waals surface area contributed by atoms with E-state index in [0.29, 0.717) is 12.1 Å². The van der Waals surface area contributed by atoms with Gasteiger partial charge >= 0.3 is 0 Å². The lowest BCUT2D eigenvalue weighted by Crippen LogP contribution is -2.10. The minimum absolute atomic E-state index is 0.0137. The molecule has 0 fully saturated rings. The Kier molecular flexibility index (Phi) is 3.47. The highest BCUT2D eigenvalue weighted by Crippen LogP contribution is 2.24. The quantitative estimate of drug-likeness (QED) is 0.630. The van der Waals surface area contributed by atoms with Crippen LogP contribution in [0.5, 0.6) is 0 Å². The molecule has 0 spiro atoms. The predicted octanol–water partition coefficient (Wildman–Crippen LogP) is 3.32. The van der Waals surface area contributed by atoms with Crippen molar-refractivity contribution in [2.24, 2.45) is 12.8 Å². The fourth-order valence-electron chi connectivity index (χ4n) is 3.33. The van der Waals surface area contributed by atoms with Gasteiger partial charge in [-0.05, 0) is 48.9 Å². The van der Waals surface area contributed by atoms with Crippen molar-refractivity contribution in [2.45, 2.75) is 6.42 Å². The molecule has 24 heavy (non-hydrogen) atoms. The number of rotatable bonds is 3. The summed E-state index contributed by atoms with van der Waals surface area (Å²) in [6.45, 7) is 0.568. The van der Waals surface area contributed by atoms with Crippen molar-refractivity contribution in [3.8, 4) is 0 Å². The van der Waals surface area contributed by atoms with Gasteiger partial charge in [0.25, 0.3) is 5.91 Å². The third-order valence-corrected chi connectivity index (χ3v) is 4.56. The average Bonchev–Trinajstić information content (AvgIpc) is 3.16. The van der Waals surface area contributed by atoms with Crippen molar-refractivity contribution in [3.05, 3.63) is 72.1 Å². The highest BCUT2D eigenvalue weighted by molar-refractivity contribution is 6.04. The minimum atomic E-state index is -0.0137. The van der Waals surface area contributed by atoms with Gasteiger partial charge in [0.15, 0.2) is 0 Å². The van der Waals surface area contributed by atoms with E-state index in [1.54, 1.807) is 4.57 Å². The number of carbonyl (C=O) groups is 1. The number of carbonyl (C=O) groups excluding carboxylic acids is 1. The van der Waals surface area contributed by atoms with Crippen LogP contribution in [0.3, 0.4) is 0 Å². The molecule has 120 valence electrons. The van der Waals surface area contributed by atoms with Crippen molar-refractivity contribution in [1.82, 2.24) is 9.13 Å². The lowest BCUT2D eigenvalue weighted by molar-refractivity contribution is 0.0965. The van der Waals surface area contributed by atoms with E-state index < -0.39 is 0 Å². The van der Waals surface area contributed by atoms with Gasteiger partial charge in [-0.25, -0.2) is 0 Å². The van der Waals surface area contributed by atoms with Gasteiger partial charge in [0.1, 0.15) is 0 Å². The highest BCUT2D eigenvalue weighted by atomic mass is 16.2. The summed E-state index contributed by atoms with van der Waals surface area (Å²) >= 11 is 0. The lowest BCUT2D eigenvalue weighted by Gasteiger charge is -2.05. The van der Waals surface area contributed by atoms with Crippen molar-refractivity contribution >= 4 is 27.7 Å². The summed E-state index contributed by atoms with van der Waals surface area (Å²) in [5, 5.41) is 2.17. The first kappa shape index (κ1) is 14.7. The topological polar surface area (TPSA) is 53.0 Å². The Morgan fingerprint density at radius 2 is 1.92 bits per heavy atom. The number of para-hydroxylation sites is 1. The van der Waals surface area contributed by atoms with Gasteiger partial charge in [0.05, 0.1) is 5.52 Å². The molecule has 0 bridgehead atoms. The number of benzene rings is 2. The molecular weight excluding hydrogens is 298 g/mol. The summed E-state index contributed by atoms with van der Waals surface area (Å²) in [7, 11) is 2.00. The molecule has 0 saturated heterocycles. The Hall–Kier alpha value is -2.85. The van der Waals surface area contributed by atoms with Gasteiger partial charge in [-0.15, -0.1) is 0 Å². The van der Waals surface area contributed by atoms with Crippen LogP contribution in [-0.4, -0.2) is 21.6 Å². The Morgan fingerprint density at radius 1 is 1.08 bits per heavy atom. The number of nitrogens with zero attached hydrogens (tertiary/aromatic N) is 2. The van der Waals surface area contributed by atoms with Crippen LogP contribution in [0.2, 0.25) is 0 Å². The zero-order valence-electron chi connectivity index (χ0n) is 13.6. The van der Waals surface area contributed by atoms with Crippen LogP contribution in [0.1, 0.15) is 15.9 Å². The van der Waals surface area contributed by atoms with E-state index in [2.05, 4.69) is 0 Å². The Morgan fingerprint density at radius 3 is 2.75 bits per heavy atom. The lowest BCUT2D eigenvalue weighted by atomic mass is 10.1. The van der Waals surface area contributed by atoms with E-state index in [-0.39, 0.29) is 5.91 Å². The second-order valence-electron chi connectivity index (χ2n) is 6.09. The molecule has 0 aliphatic rings. The van der Waals surface area contributed by atoms with Crippen LogP contribution < -0.4 is 5.73 Å². The molecule has 4 heteroatoms. The Bertz CT molecular complexity index is 1060. The highest BCUT2D eigenvalue weighted by Gasteiger charge is 2.15. The molecular formula is C20H19N3O. The van der Waals surface area contributed by atoms with Gasteiger partial charge < -0.3 is 10.3 Å². The number of aryl methyl sites for hydroxylation is 1. The number of fused-ring (bicyclic) bond motifs is 2. The van der Waals surface area contributed by atoms with E-state index in [0.717, 1.165) is 33.8 Å². The SMILES string of the molecule is Cn1ccc2cc(C(=O)n3cc(CCN)c4ccccc43)ccc21. The monoisotopic (exact) mass is 317 g/mol. The average molecular weight is 317 g/mol. The fourth-order valence-corrected chi connectivity index (χ4v) is 3.33. The van der Waals surface area contributed by atoms with Crippen LogP contribution in [-0.2, 0) is 13.5 Å². The Labute approximate surface area is 140 Å². The molecule has 0 unspecified atom stereocenters. The smallest absolute Gasteiger partial charge is 0.262 e. The number of aromatic nitrogens is 2. The van der Waals surface area contributed by atoms with Gasteiger partial charge in [-0.3, -0.25) is 9.36 Å². The van der Waals surface area contributed by atoms with Crippen molar-refractivity contribution < 1.29 is 4.79 Å². The van der Waals surface area contributed by atoms with E-state index >= 15 is 0 Å². The number of hydrogen-bond donors (Lipinski definition) is 1. The molecule has 0 aliphatic carbocycles. The standard InChI is InChI=1S/C20H19N3O/c1-22-11-9-14-12-15(6-7-18(14)22)20(24)23-13-16(8-10-21)17-4-2-3-5-19(17)23/h2-7,9,11-13H,8,10,21H2,1H3. The molecule has 4 aromatic rings. The summed E-state index contributed by atoms with van der Waals surface area (Å²) in [4.78, 5) is 13.1. The maximum atomic E-state index is 13.1. The van der Waals surface area contributed by atoms with Crippen LogP contribution in [0.4, 0.5) is 0 Å². The molecule has 4 rings (SSSR count). The van der Waals surface area contributed by atoms with Gasteiger partial charge in [-0.1, -0.05) is 18.2 Å². The van der Waals surface area contributed by atoms with E-state index in [1.807, 2.05) is 72.5 Å². The molecule has 2 aromatic heterocycles. The minimum Gasteiger partial charge on any atom is -0.351 e. The van der Waals surface area contributed by atoms with Gasteiger partial charge in [0, 0.05) is 41.3 Å². The second-order valence-corrected chi connectivity index (χ2v) is 6.09. The zero-order chi connectivity index (χ0) is 16.7. The molecule has 0 radical (unpaired) electrons. The number of hydrogen-bond acceptors (Lipinski definition) is 2. The second kappa shape index (κ2) is 5.65. The molecule has 2 aromatic carbocycles. The van der Waals surface area contributed by atoms with E-state index in [4.69, 9.17) is 5.73 Å².